The molecule has 5 heterocycles. The molecule has 0 atom stereocenters. The number of fused-ring (bicyclic) bond motifs is 20. The summed E-state index contributed by atoms with van der Waals surface area (Å²) in [6.07, 6.45) is 0. The third-order valence-corrected chi connectivity index (χ3v) is 23.2. The number of aryl methyl sites for hydroxylation is 6. The zero-order chi connectivity index (χ0) is 61.6. The molecule has 4 heteroatoms. The van der Waals surface area contributed by atoms with Gasteiger partial charge in [-0.2, -0.15) is 0 Å². The second-order valence-electron chi connectivity index (χ2n) is 29.1. The Balaban J connectivity index is 0.988. The second kappa shape index (κ2) is 16.9. The van der Waals surface area contributed by atoms with Crippen LogP contribution in [-0.4, -0.2) is 20.4 Å². The highest BCUT2D eigenvalue weighted by atomic mass is 15.1. The predicted molar refractivity (Wildman–Crippen MR) is 390 cm³/mol. The number of benzene rings is 13. The van der Waals surface area contributed by atoms with E-state index >= 15 is 0 Å². The highest BCUT2D eigenvalue weighted by Gasteiger charge is 2.48. The number of aromatic nitrogens is 3. The van der Waals surface area contributed by atoms with Crippen molar-refractivity contribution < 1.29 is 0 Å². The number of hydrogen-bond donors (Lipinski definition) is 0. The average Bonchev–Trinajstić information content (AvgIpc) is 1.45. The summed E-state index contributed by atoms with van der Waals surface area (Å²) in [5.41, 5.74) is 44.1. The van der Waals surface area contributed by atoms with E-state index in [1.165, 1.54) is 226 Å². The van der Waals surface area contributed by atoms with E-state index in [4.69, 9.17) is 0 Å². The first-order valence-corrected chi connectivity index (χ1v) is 33.1. The van der Waals surface area contributed by atoms with Crippen LogP contribution in [0.25, 0.3) is 160 Å². The van der Waals surface area contributed by atoms with Crippen LogP contribution >= 0.6 is 0 Å². The molecule has 3 aromatic heterocycles. The summed E-state index contributed by atoms with van der Waals surface area (Å²) in [7, 11) is 0. The van der Waals surface area contributed by atoms with Gasteiger partial charge in [0.05, 0.1) is 27.8 Å². The molecule has 16 aromatic rings. The molecule has 21 rings (SSSR count). The zero-order valence-electron chi connectivity index (χ0n) is 53.5. The molecule has 0 fully saturated rings. The van der Waals surface area contributed by atoms with E-state index in [9.17, 15) is 0 Å². The quantitative estimate of drug-likeness (QED) is 0.157. The molecule has 0 bridgehead atoms. The van der Waals surface area contributed by atoms with Crippen molar-refractivity contribution in [2.24, 2.45) is 0 Å². The van der Waals surface area contributed by atoms with E-state index in [0.717, 1.165) is 5.69 Å². The summed E-state index contributed by atoms with van der Waals surface area (Å²) in [6.45, 7) is 23.4. The molecule has 434 valence electrons. The van der Waals surface area contributed by atoms with Gasteiger partial charge in [-0.05, 0) is 241 Å². The molecule has 13 aromatic carbocycles. The summed E-state index contributed by atoms with van der Waals surface area (Å²) >= 11 is 0. The summed E-state index contributed by atoms with van der Waals surface area (Å²) in [6, 6.07) is 81.8. The smallest absolute Gasteiger partial charge is 0.253 e. The summed E-state index contributed by atoms with van der Waals surface area (Å²) in [5, 5.41) is 10.4. The van der Waals surface area contributed by atoms with Crippen LogP contribution in [0.15, 0.2) is 206 Å². The molecule has 3 nitrogen and oxygen atoms in total. The van der Waals surface area contributed by atoms with E-state index in [1.54, 1.807) is 0 Å². The Kier molecular flexibility index (Phi) is 9.45. The van der Waals surface area contributed by atoms with Gasteiger partial charge in [-0.1, -0.05) is 184 Å². The number of hydrogen-bond acceptors (Lipinski definition) is 0. The second-order valence-corrected chi connectivity index (χ2v) is 29.1. The third kappa shape index (κ3) is 6.07. The van der Waals surface area contributed by atoms with Crippen molar-refractivity contribution in [3.8, 4) is 83.8 Å². The van der Waals surface area contributed by atoms with E-state index in [2.05, 4.69) is 289 Å². The first-order chi connectivity index (χ1) is 44.6. The lowest BCUT2D eigenvalue weighted by Crippen LogP contribution is -2.60. The Morgan fingerprint density at radius 3 is 1.55 bits per heavy atom. The van der Waals surface area contributed by atoms with Gasteiger partial charge >= 0.3 is 0 Å². The summed E-state index contributed by atoms with van der Waals surface area (Å²) in [4.78, 5) is 0. The van der Waals surface area contributed by atoms with Crippen LogP contribution in [0.5, 0.6) is 0 Å². The molecule has 0 spiro atoms. The lowest BCUT2D eigenvalue weighted by atomic mass is 9.33. The molecular weight excluding hydrogens is 1110 g/mol. The highest BCUT2D eigenvalue weighted by Crippen LogP contribution is 2.56. The van der Waals surface area contributed by atoms with Crippen LogP contribution < -0.4 is 16.4 Å². The largest absolute Gasteiger partial charge is 0.310 e. The maximum atomic E-state index is 2.76. The molecular formula is C88H64BN3. The topological polar surface area (TPSA) is 14.8 Å². The van der Waals surface area contributed by atoms with Crippen molar-refractivity contribution in [2.75, 3.05) is 0 Å². The molecule has 0 saturated heterocycles. The van der Waals surface area contributed by atoms with Gasteiger partial charge in [0.1, 0.15) is 0 Å². The van der Waals surface area contributed by atoms with Crippen molar-refractivity contribution in [1.29, 1.82) is 0 Å². The Labute approximate surface area is 535 Å². The molecule has 3 aliphatic carbocycles. The SMILES string of the molecule is Cc1cc(C)c(-c2ccc3c(c2)c2cc4c(c5c2n3-c2cc(-n3c6cccc7c6c6c8c(cccc8ccc63)-c3ccccc3-7)cc3c2B5c2cc(-c5c(C)cc(C)cc5C)cc5c6cc7c(cc6n-3c25)-c2ccccc2C7(C)C)-c2ccccc2C4(C)C)c(C)c1. The van der Waals surface area contributed by atoms with Crippen molar-refractivity contribution in [2.45, 2.75) is 80.1 Å². The predicted octanol–water partition coefficient (Wildman–Crippen LogP) is 20.7. The molecule has 0 amide bonds. The van der Waals surface area contributed by atoms with E-state index in [1.807, 2.05) is 0 Å². The van der Waals surface area contributed by atoms with Crippen LogP contribution in [0.1, 0.15) is 83.3 Å². The van der Waals surface area contributed by atoms with Gasteiger partial charge in [0.15, 0.2) is 0 Å². The Morgan fingerprint density at radius 2 is 0.848 bits per heavy atom. The summed E-state index contributed by atoms with van der Waals surface area (Å²) < 4.78 is 8.15. The van der Waals surface area contributed by atoms with Crippen LogP contribution in [0.2, 0.25) is 0 Å². The van der Waals surface area contributed by atoms with Crippen molar-refractivity contribution in [1.82, 2.24) is 13.7 Å². The standard InChI is InChI=1S/C88H64BN3/c1-45-33-47(3)77(48(4)34-45)52-30-31-71-62(37-52)65-43-69-80(60-23-14-16-27-67(60)88(69,9)10)84-86(65)91(71)75-40-54(90-72-28-18-25-59-56-21-12-11-20-55(56)58-24-17-19-51-29-32-73(90)82(79(51)58)81(59)72)41-76-83(75)89(84)70-39-53(78-49(5)35-46(2)36-50(78)6)38-64-63-42-68-61(44-74(63)92(76)85(64)70)57-22-13-15-26-66(57)87(68,7)8/h11-44H,1-10H3. The zero-order valence-corrected chi connectivity index (χ0v) is 53.5. The average molecular weight is 1170 g/mol. The Hall–Kier alpha value is -10.4. The molecule has 2 aliphatic heterocycles. The monoisotopic (exact) mass is 1170 g/mol. The molecule has 0 unspecified atom stereocenters. The van der Waals surface area contributed by atoms with Gasteiger partial charge in [-0.3, -0.25) is 0 Å². The maximum Gasteiger partial charge on any atom is 0.253 e. The highest BCUT2D eigenvalue weighted by molar-refractivity contribution is 7.01. The van der Waals surface area contributed by atoms with E-state index in [-0.39, 0.29) is 17.5 Å². The molecule has 5 aliphatic rings. The van der Waals surface area contributed by atoms with Gasteiger partial charge in [-0.25, -0.2) is 0 Å². The van der Waals surface area contributed by atoms with Crippen molar-refractivity contribution in [3.05, 3.63) is 262 Å². The fourth-order valence-electron chi connectivity index (χ4n) is 19.8. The van der Waals surface area contributed by atoms with Crippen LogP contribution in [0.3, 0.4) is 0 Å². The van der Waals surface area contributed by atoms with Crippen LogP contribution in [0.4, 0.5) is 0 Å². The first-order valence-electron chi connectivity index (χ1n) is 33.1. The van der Waals surface area contributed by atoms with Crippen molar-refractivity contribution >= 4 is 99.3 Å². The van der Waals surface area contributed by atoms with Gasteiger partial charge in [0.2, 0.25) is 0 Å². The van der Waals surface area contributed by atoms with Crippen LogP contribution in [0, 0.1) is 41.5 Å². The van der Waals surface area contributed by atoms with E-state index < -0.39 is 0 Å². The van der Waals surface area contributed by atoms with E-state index in [0.29, 0.717) is 0 Å². The minimum absolute atomic E-state index is 0.140. The fourth-order valence-corrected chi connectivity index (χ4v) is 19.8. The summed E-state index contributed by atoms with van der Waals surface area (Å²) in [5.74, 6) is 0. The first kappa shape index (κ1) is 51.3. The van der Waals surface area contributed by atoms with Crippen LogP contribution in [-0.2, 0) is 10.8 Å². The molecule has 0 saturated carbocycles. The van der Waals surface area contributed by atoms with Crippen molar-refractivity contribution in [3.63, 3.8) is 0 Å². The van der Waals surface area contributed by atoms with Gasteiger partial charge < -0.3 is 13.7 Å². The van der Waals surface area contributed by atoms with Gasteiger partial charge in [0.25, 0.3) is 6.71 Å². The maximum absolute atomic E-state index is 2.76. The Bertz CT molecular complexity index is 6220. The van der Waals surface area contributed by atoms with Gasteiger partial charge in [0, 0.05) is 65.6 Å². The number of rotatable bonds is 3. The number of nitrogens with zero attached hydrogens (tertiary/aromatic N) is 3. The van der Waals surface area contributed by atoms with Gasteiger partial charge in [-0.15, -0.1) is 0 Å². The minimum Gasteiger partial charge on any atom is -0.310 e. The lowest BCUT2D eigenvalue weighted by Gasteiger charge is -2.36. The molecule has 0 radical (unpaired) electrons. The Morgan fingerprint density at radius 1 is 0.315 bits per heavy atom. The fraction of sp³-hybridized carbons (Fsp3) is 0.136. The molecule has 92 heavy (non-hydrogen) atoms. The normalized spacial score (nSPS) is 14.6. The third-order valence-electron chi connectivity index (χ3n) is 23.2. The molecule has 0 N–H and O–H groups in total. The minimum atomic E-state index is -0.261. The lowest BCUT2D eigenvalue weighted by molar-refractivity contribution is 0.661.